The Bertz CT molecular complexity index is 651. The maximum absolute atomic E-state index is 12.5. The van der Waals surface area contributed by atoms with Crippen LogP contribution in [0.5, 0.6) is 0 Å². The number of hydrogen-bond donors (Lipinski definition) is 0. The Morgan fingerprint density at radius 1 is 1.14 bits per heavy atom. The van der Waals surface area contributed by atoms with Crippen LogP contribution in [0.1, 0.15) is 23.2 Å². The molecular formula is C16H17BrN4O. The molecule has 0 radical (unpaired) electrons. The lowest BCUT2D eigenvalue weighted by Gasteiger charge is -2.18. The number of hydrogen-bond acceptors (Lipinski definition) is 4. The number of halogens is 1. The Morgan fingerprint density at radius 3 is 2.50 bits per heavy atom. The van der Waals surface area contributed by atoms with Gasteiger partial charge >= 0.3 is 0 Å². The Kier molecular flexibility index (Phi) is 4.38. The zero-order valence-corrected chi connectivity index (χ0v) is 14.0. The topological polar surface area (TPSA) is 49.3 Å². The second-order valence-electron chi connectivity index (χ2n) is 5.30. The molecule has 1 aliphatic heterocycles. The SMILES string of the molecule is CN(C(=O)c1ccc(N2CCCC2)nc1)c1ccc(Br)cn1. The van der Waals surface area contributed by atoms with Crippen molar-refractivity contribution in [3.63, 3.8) is 0 Å². The first kappa shape index (κ1) is 15.0. The molecule has 1 amide bonds. The predicted molar refractivity (Wildman–Crippen MR) is 90.4 cm³/mol. The molecule has 22 heavy (non-hydrogen) atoms. The normalized spacial score (nSPS) is 14.2. The average molecular weight is 361 g/mol. The highest BCUT2D eigenvalue weighted by atomic mass is 79.9. The molecule has 3 rings (SSSR count). The smallest absolute Gasteiger partial charge is 0.260 e. The third-order valence-electron chi connectivity index (χ3n) is 3.78. The minimum Gasteiger partial charge on any atom is -0.357 e. The van der Waals surface area contributed by atoms with E-state index in [2.05, 4.69) is 30.8 Å². The molecule has 5 nitrogen and oxygen atoms in total. The number of nitrogens with zero attached hydrogens (tertiary/aromatic N) is 4. The number of anilines is 2. The molecule has 0 aromatic carbocycles. The fourth-order valence-corrected chi connectivity index (χ4v) is 2.74. The third kappa shape index (κ3) is 3.11. The van der Waals surface area contributed by atoms with E-state index in [0.717, 1.165) is 23.4 Å². The summed E-state index contributed by atoms with van der Waals surface area (Å²) in [7, 11) is 1.72. The van der Waals surface area contributed by atoms with Crippen molar-refractivity contribution < 1.29 is 4.79 Å². The van der Waals surface area contributed by atoms with Gasteiger partial charge in [-0.25, -0.2) is 9.97 Å². The van der Waals surface area contributed by atoms with Crippen molar-refractivity contribution in [2.45, 2.75) is 12.8 Å². The summed E-state index contributed by atoms with van der Waals surface area (Å²) in [6.45, 7) is 2.09. The largest absolute Gasteiger partial charge is 0.357 e. The quantitative estimate of drug-likeness (QED) is 0.843. The van der Waals surface area contributed by atoms with Gasteiger partial charge in [0.25, 0.3) is 5.91 Å². The van der Waals surface area contributed by atoms with Crippen LogP contribution >= 0.6 is 15.9 Å². The zero-order chi connectivity index (χ0) is 15.5. The molecule has 1 fully saturated rings. The second kappa shape index (κ2) is 6.44. The summed E-state index contributed by atoms with van der Waals surface area (Å²) in [5.74, 6) is 1.44. The number of amides is 1. The van der Waals surface area contributed by atoms with Crippen molar-refractivity contribution in [1.82, 2.24) is 9.97 Å². The standard InChI is InChI=1S/C16H17BrN4O/c1-20(14-7-5-13(17)11-19-14)16(22)12-4-6-15(18-10-12)21-8-2-3-9-21/h4-7,10-11H,2-3,8-9H2,1H3. The summed E-state index contributed by atoms with van der Waals surface area (Å²) in [5, 5.41) is 0. The van der Waals surface area contributed by atoms with Crippen molar-refractivity contribution in [1.29, 1.82) is 0 Å². The summed E-state index contributed by atoms with van der Waals surface area (Å²) in [6, 6.07) is 7.41. The van der Waals surface area contributed by atoms with E-state index >= 15 is 0 Å². The fourth-order valence-electron chi connectivity index (χ4n) is 2.51. The summed E-state index contributed by atoms with van der Waals surface area (Å²) in [6.07, 6.45) is 5.74. The minimum absolute atomic E-state index is 0.115. The summed E-state index contributed by atoms with van der Waals surface area (Å²) in [4.78, 5) is 24.9. The van der Waals surface area contributed by atoms with Gasteiger partial charge in [0.05, 0.1) is 5.56 Å². The number of pyridine rings is 2. The van der Waals surface area contributed by atoms with Crippen LogP contribution in [0.15, 0.2) is 41.1 Å². The van der Waals surface area contributed by atoms with E-state index in [4.69, 9.17) is 0 Å². The number of carbonyl (C=O) groups excluding carboxylic acids is 1. The van der Waals surface area contributed by atoms with Gasteiger partial charge in [-0.1, -0.05) is 0 Å². The minimum atomic E-state index is -0.115. The van der Waals surface area contributed by atoms with Crippen molar-refractivity contribution in [3.8, 4) is 0 Å². The first-order valence-corrected chi connectivity index (χ1v) is 8.05. The molecule has 0 N–H and O–H groups in total. The molecule has 6 heteroatoms. The lowest BCUT2D eigenvalue weighted by molar-refractivity contribution is 0.0992. The van der Waals surface area contributed by atoms with Gasteiger partial charge in [-0.15, -0.1) is 0 Å². The van der Waals surface area contributed by atoms with Gasteiger partial charge in [-0.2, -0.15) is 0 Å². The molecule has 1 saturated heterocycles. The fraction of sp³-hybridized carbons (Fsp3) is 0.312. The van der Waals surface area contributed by atoms with Crippen molar-refractivity contribution in [3.05, 3.63) is 46.7 Å². The van der Waals surface area contributed by atoms with Gasteiger partial charge in [0.2, 0.25) is 0 Å². The highest BCUT2D eigenvalue weighted by Crippen LogP contribution is 2.19. The maximum atomic E-state index is 12.5. The van der Waals surface area contributed by atoms with Crippen LogP contribution in [0.4, 0.5) is 11.6 Å². The molecule has 0 bridgehead atoms. The van der Waals surface area contributed by atoms with Crippen LogP contribution in [0.3, 0.4) is 0 Å². The molecule has 2 aromatic heterocycles. The molecule has 3 heterocycles. The van der Waals surface area contributed by atoms with Gasteiger partial charge in [-0.3, -0.25) is 9.69 Å². The molecule has 0 saturated carbocycles. The Morgan fingerprint density at radius 2 is 1.91 bits per heavy atom. The molecule has 1 aliphatic rings. The van der Waals surface area contributed by atoms with Gasteiger partial charge in [0, 0.05) is 37.0 Å². The number of carbonyl (C=O) groups is 1. The summed E-state index contributed by atoms with van der Waals surface area (Å²) in [5.41, 5.74) is 0.565. The molecule has 114 valence electrons. The molecule has 0 unspecified atom stereocenters. The first-order valence-electron chi connectivity index (χ1n) is 7.26. The second-order valence-corrected chi connectivity index (χ2v) is 6.21. The molecule has 2 aromatic rings. The number of aromatic nitrogens is 2. The van der Waals surface area contributed by atoms with Gasteiger partial charge in [-0.05, 0) is 53.0 Å². The van der Waals surface area contributed by atoms with Crippen molar-refractivity contribution in [2.24, 2.45) is 0 Å². The van der Waals surface area contributed by atoms with Crippen molar-refractivity contribution >= 4 is 33.5 Å². The molecule has 0 spiro atoms. The number of rotatable bonds is 3. The van der Waals surface area contributed by atoms with Crippen LogP contribution in [0.25, 0.3) is 0 Å². The van der Waals surface area contributed by atoms with Gasteiger partial charge < -0.3 is 4.90 Å². The van der Waals surface area contributed by atoms with E-state index in [9.17, 15) is 4.79 Å². The van der Waals surface area contributed by atoms with Crippen molar-refractivity contribution in [2.75, 3.05) is 29.9 Å². The van der Waals surface area contributed by atoms with Gasteiger partial charge in [0.15, 0.2) is 0 Å². The predicted octanol–water partition coefficient (Wildman–Crippen LogP) is 3.12. The average Bonchev–Trinajstić information content (AvgIpc) is 3.09. The third-order valence-corrected chi connectivity index (χ3v) is 4.25. The van der Waals surface area contributed by atoms with Crippen LogP contribution in [0, 0.1) is 0 Å². The Labute approximate surface area is 138 Å². The van der Waals surface area contributed by atoms with Crippen LogP contribution < -0.4 is 9.80 Å². The lowest BCUT2D eigenvalue weighted by atomic mass is 10.2. The maximum Gasteiger partial charge on any atom is 0.260 e. The van der Waals surface area contributed by atoms with Crippen LogP contribution in [-0.2, 0) is 0 Å². The highest BCUT2D eigenvalue weighted by Gasteiger charge is 2.17. The lowest BCUT2D eigenvalue weighted by Crippen LogP contribution is -2.27. The van der Waals surface area contributed by atoms with E-state index < -0.39 is 0 Å². The van der Waals surface area contributed by atoms with Gasteiger partial charge in [0.1, 0.15) is 11.6 Å². The summed E-state index contributed by atoms with van der Waals surface area (Å²) >= 11 is 3.34. The molecule has 0 atom stereocenters. The Hall–Kier alpha value is -1.95. The van der Waals surface area contributed by atoms with E-state index in [0.29, 0.717) is 11.4 Å². The molecular weight excluding hydrogens is 344 g/mol. The molecule has 0 aliphatic carbocycles. The zero-order valence-electron chi connectivity index (χ0n) is 12.4. The monoisotopic (exact) mass is 360 g/mol. The summed E-state index contributed by atoms with van der Waals surface area (Å²) < 4.78 is 0.883. The Balaban J connectivity index is 1.75. The van der Waals surface area contributed by atoms with E-state index in [1.54, 1.807) is 25.5 Å². The van der Waals surface area contributed by atoms with Crippen LogP contribution in [-0.4, -0.2) is 36.0 Å². The van der Waals surface area contributed by atoms with Crippen LogP contribution in [0.2, 0.25) is 0 Å². The highest BCUT2D eigenvalue weighted by molar-refractivity contribution is 9.10. The van der Waals surface area contributed by atoms with E-state index in [1.165, 1.54) is 17.7 Å². The first-order chi connectivity index (χ1) is 10.6. The van der Waals surface area contributed by atoms with E-state index in [-0.39, 0.29) is 5.91 Å². The van der Waals surface area contributed by atoms with E-state index in [1.807, 2.05) is 18.2 Å².